The van der Waals surface area contributed by atoms with Crippen molar-refractivity contribution in [3.05, 3.63) is 46.2 Å². The second-order valence-electron chi connectivity index (χ2n) is 3.88. The number of anilines is 1. The van der Waals surface area contributed by atoms with Crippen LogP contribution in [-0.2, 0) is 13.6 Å². The maximum Gasteiger partial charge on any atom is 0.271 e. The summed E-state index contributed by atoms with van der Waals surface area (Å²) in [6.07, 6.45) is 1.47. The lowest BCUT2D eigenvalue weighted by molar-refractivity contribution is 0.0942. The molecule has 0 aliphatic carbocycles. The monoisotopic (exact) mass is 308 g/mol. The average molecular weight is 309 g/mol. The number of nitrogens with zero attached hydrogens (tertiary/aromatic N) is 2. The first-order chi connectivity index (χ1) is 8.58. The zero-order valence-electron chi connectivity index (χ0n) is 9.85. The van der Waals surface area contributed by atoms with Crippen LogP contribution >= 0.6 is 15.9 Å². The number of nitrogens with one attached hydrogen (secondary N) is 1. The number of halogens is 1. The number of aromatic nitrogens is 2. The van der Waals surface area contributed by atoms with E-state index in [-0.39, 0.29) is 5.91 Å². The van der Waals surface area contributed by atoms with Crippen LogP contribution in [0.2, 0.25) is 0 Å². The van der Waals surface area contributed by atoms with Crippen LogP contribution in [0.1, 0.15) is 16.1 Å². The van der Waals surface area contributed by atoms with E-state index in [1.165, 1.54) is 10.9 Å². The van der Waals surface area contributed by atoms with Crippen LogP contribution in [0.5, 0.6) is 0 Å². The van der Waals surface area contributed by atoms with Crippen LogP contribution < -0.4 is 11.1 Å². The lowest BCUT2D eigenvalue weighted by Gasteiger charge is -2.06. The Morgan fingerprint density at radius 2 is 2.33 bits per heavy atom. The predicted molar refractivity (Wildman–Crippen MR) is 72.9 cm³/mol. The summed E-state index contributed by atoms with van der Waals surface area (Å²) in [6.45, 7) is 0.447. The topological polar surface area (TPSA) is 72.9 Å². The van der Waals surface area contributed by atoms with E-state index in [0.717, 1.165) is 10.0 Å². The maximum absolute atomic E-state index is 11.9. The molecule has 6 heteroatoms. The first-order valence-electron chi connectivity index (χ1n) is 5.38. The molecule has 94 valence electrons. The molecule has 0 aliphatic rings. The zero-order valence-corrected chi connectivity index (χ0v) is 11.4. The Hall–Kier alpha value is -1.82. The van der Waals surface area contributed by atoms with E-state index in [1.54, 1.807) is 7.05 Å². The van der Waals surface area contributed by atoms with E-state index in [9.17, 15) is 4.79 Å². The highest BCUT2D eigenvalue weighted by molar-refractivity contribution is 9.10. The number of amides is 1. The summed E-state index contributed by atoms with van der Waals surface area (Å²) < 4.78 is 2.44. The summed E-state index contributed by atoms with van der Waals surface area (Å²) in [7, 11) is 1.68. The van der Waals surface area contributed by atoms with E-state index < -0.39 is 0 Å². The Morgan fingerprint density at radius 1 is 1.56 bits per heavy atom. The number of hydrogen-bond donors (Lipinski definition) is 2. The molecular formula is C12H13BrN4O. The molecule has 0 atom stereocenters. The van der Waals surface area contributed by atoms with Crippen LogP contribution in [0.3, 0.4) is 0 Å². The summed E-state index contributed by atoms with van der Waals surface area (Å²) in [5.74, 6) is -0.229. The van der Waals surface area contributed by atoms with Gasteiger partial charge in [-0.1, -0.05) is 28.1 Å². The Labute approximate surface area is 113 Å². The minimum Gasteiger partial charge on any atom is -0.396 e. The van der Waals surface area contributed by atoms with Gasteiger partial charge in [0.05, 0.1) is 11.9 Å². The van der Waals surface area contributed by atoms with Crippen molar-refractivity contribution in [2.75, 3.05) is 5.73 Å². The minimum absolute atomic E-state index is 0.229. The second kappa shape index (κ2) is 5.22. The number of nitrogen functional groups attached to an aromatic ring is 1. The fraction of sp³-hybridized carbons (Fsp3) is 0.167. The molecular weight excluding hydrogens is 296 g/mol. The predicted octanol–water partition coefficient (Wildman–Crippen LogP) is 1.69. The van der Waals surface area contributed by atoms with Crippen LogP contribution in [0, 0.1) is 0 Å². The van der Waals surface area contributed by atoms with Gasteiger partial charge in [-0.05, 0) is 17.7 Å². The van der Waals surface area contributed by atoms with Gasteiger partial charge in [0, 0.05) is 18.1 Å². The smallest absolute Gasteiger partial charge is 0.271 e. The molecule has 0 bridgehead atoms. The van der Waals surface area contributed by atoms with Crippen molar-refractivity contribution in [1.29, 1.82) is 0 Å². The van der Waals surface area contributed by atoms with Crippen LogP contribution in [0.4, 0.5) is 5.69 Å². The van der Waals surface area contributed by atoms with Gasteiger partial charge >= 0.3 is 0 Å². The molecule has 0 fully saturated rings. The molecule has 5 nitrogen and oxygen atoms in total. The van der Waals surface area contributed by atoms with E-state index >= 15 is 0 Å². The molecule has 3 N–H and O–H groups in total. The average Bonchev–Trinajstić information content (AvgIpc) is 2.66. The van der Waals surface area contributed by atoms with Crippen molar-refractivity contribution in [2.24, 2.45) is 7.05 Å². The Morgan fingerprint density at radius 3 is 2.94 bits per heavy atom. The number of benzene rings is 1. The van der Waals surface area contributed by atoms with Gasteiger partial charge in [-0.2, -0.15) is 5.10 Å². The van der Waals surface area contributed by atoms with Crippen LogP contribution in [-0.4, -0.2) is 15.7 Å². The SMILES string of the molecule is Cn1ncc(N)c1C(=O)NCc1cccc(Br)c1. The number of carbonyl (C=O) groups is 1. The molecule has 1 aromatic heterocycles. The molecule has 1 amide bonds. The molecule has 18 heavy (non-hydrogen) atoms. The standard InChI is InChI=1S/C12H13BrN4O/c1-17-11(10(14)7-16-17)12(18)15-6-8-3-2-4-9(13)5-8/h2-5,7H,6,14H2,1H3,(H,15,18). The van der Waals surface area contributed by atoms with Crippen molar-refractivity contribution in [3.63, 3.8) is 0 Å². The minimum atomic E-state index is -0.229. The first-order valence-corrected chi connectivity index (χ1v) is 6.17. The normalized spacial score (nSPS) is 10.3. The summed E-state index contributed by atoms with van der Waals surface area (Å²) >= 11 is 3.38. The molecule has 1 heterocycles. The molecule has 1 aromatic carbocycles. The third-order valence-electron chi connectivity index (χ3n) is 2.52. The Kier molecular flexibility index (Phi) is 3.66. The van der Waals surface area contributed by atoms with Gasteiger partial charge in [0.25, 0.3) is 5.91 Å². The van der Waals surface area contributed by atoms with E-state index in [0.29, 0.717) is 17.9 Å². The largest absolute Gasteiger partial charge is 0.396 e. The fourth-order valence-corrected chi connectivity index (χ4v) is 2.09. The lowest BCUT2D eigenvalue weighted by atomic mass is 10.2. The van der Waals surface area contributed by atoms with Crippen molar-refractivity contribution in [3.8, 4) is 0 Å². The first kappa shape index (κ1) is 12.6. The number of hydrogen-bond acceptors (Lipinski definition) is 3. The quantitative estimate of drug-likeness (QED) is 0.906. The summed E-state index contributed by atoms with van der Waals surface area (Å²) in [4.78, 5) is 11.9. The highest BCUT2D eigenvalue weighted by Crippen LogP contribution is 2.12. The third-order valence-corrected chi connectivity index (χ3v) is 3.02. The van der Waals surface area contributed by atoms with E-state index in [2.05, 4.69) is 26.3 Å². The third kappa shape index (κ3) is 2.70. The van der Waals surface area contributed by atoms with E-state index in [4.69, 9.17) is 5.73 Å². The summed E-state index contributed by atoms with van der Waals surface area (Å²) in [5.41, 5.74) is 7.45. The fourth-order valence-electron chi connectivity index (χ4n) is 1.65. The van der Waals surface area contributed by atoms with Crippen LogP contribution in [0.15, 0.2) is 34.9 Å². The summed E-state index contributed by atoms with van der Waals surface area (Å²) in [5, 5.41) is 6.74. The Balaban J connectivity index is 2.05. The van der Waals surface area contributed by atoms with Crippen molar-refractivity contribution < 1.29 is 4.79 Å². The second-order valence-corrected chi connectivity index (χ2v) is 4.80. The molecule has 2 rings (SSSR count). The number of rotatable bonds is 3. The van der Waals surface area contributed by atoms with Gasteiger partial charge in [0.15, 0.2) is 0 Å². The van der Waals surface area contributed by atoms with Gasteiger partial charge in [0.1, 0.15) is 5.69 Å². The lowest BCUT2D eigenvalue weighted by Crippen LogP contribution is -2.26. The molecule has 0 saturated carbocycles. The van der Waals surface area contributed by atoms with Gasteiger partial charge in [-0.3, -0.25) is 9.48 Å². The molecule has 0 unspecified atom stereocenters. The number of aryl methyl sites for hydroxylation is 1. The molecule has 0 radical (unpaired) electrons. The molecule has 0 saturated heterocycles. The number of nitrogens with two attached hydrogens (primary N) is 1. The van der Waals surface area contributed by atoms with Gasteiger partial charge in [-0.15, -0.1) is 0 Å². The van der Waals surface area contributed by atoms with Crippen LogP contribution in [0.25, 0.3) is 0 Å². The maximum atomic E-state index is 11.9. The number of carbonyl (C=O) groups excluding carboxylic acids is 1. The van der Waals surface area contributed by atoms with E-state index in [1.807, 2.05) is 24.3 Å². The molecule has 0 spiro atoms. The van der Waals surface area contributed by atoms with Gasteiger partial charge < -0.3 is 11.1 Å². The van der Waals surface area contributed by atoms with Crippen molar-refractivity contribution in [2.45, 2.75) is 6.54 Å². The summed E-state index contributed by atoms with van der Waals surface area (Å²) in [6, 6.07) is 7.75. The molecule has 2 aromatic rings. The van der Waals surface area contributed by atoms with Crippen molar-refractivity contribution >= 4 is 27.5 Å². The van der Waals surface area contributed by atoms with Gasteiger partial charge in [-0.25, -0.2) is 0 Å². The highest BCUT2D eigenvalue weighted by atomic mass is 79.9. The zero-order chi connectivity index (χ0) is 13.1. The van der Waals surface area contributed by atoms with Gasteiger partial charge in [0.2, 0.25) is 0 Å². The molecule has 0 aliphatic heterocycles. The highest BCUT2D eigenvalue weighted by Gasteiger charge is 2.14. The van der Waals surface area contributed by atoms with Crippen molar-refractivity contribution in [1.82, 2.24) is 15.1 Å². The Bertz CT molecular complexity index is 560.